The van der Waals surface area contributed by atoms with Gasteiger partial charge in [0.25, 0.3) is 0 Å². The van der Waals surface area contributed by atoms with Crippen LogP contribution in [0.2, 0.25) is 10.0 Å². The molecule has 15 heavy (non-hydrogen) atoms. The first-order valence-electron chi connectivity index (χ1n) is 4.88. The van der Waals surface area contributed by atoms with Crippen LogP contribution < -0.4 is 5.73 Å². The molecule has 0 radical (unpaired) electrons. The average Bonchev–Trinajstić information content (AvgIpc) is 2.14. The molecule has 2 nitrogen and oxygen atoms in total. The number of nitrogens with zero attached hydrogens (tertiary/aromatic N) is 1. The van der Waals surface area contributed by atoms with Crippen molar-refractivity contribution >= 4 is 23.2 Å². The van der Waals surface area contributed by atoms with E-state index in [9.17, 15) is 0 Å². The number of nitrogens with two attached hydrogens (primary N) is 1. The first-order chi connectivity index (χ1) is 7.02. The Morgan fingerprint density at radius 2 is 1.80 bits per heavy atom. The molecule has 1 rings (SSSR count). The number of hydrogen-bond donors (Lipinski definition) is 1. The van der Waals surface area contributed by atoms with Crippen molar-refractivity contribution in [2.75, 3.05) is 13.6 Å². The van der Waals surface area contributed by atoms with Crippen LogP contribution >= 0.6 is 23.2 Å². The second-order valence-corrected chi connectivity index (χ2v) is 4.65. The first kappa shape index (κ1) is 12.8. The molecule has 1 aromatic rings. The third kappa shape index (κ3) is 3.99. The molecule has 0 heterocycles. The lowest BCUT2D eigenvalue weighted by atomic mass is 10.2. The van der Waals surface area contributed by atoms with E-state index in [2.05, 4.69) is 11.8 Å². The van der Waals surface area contributed by atoms with E-state index in [1.54, 1.807) is 6.07 Å². The zero-order valence-electron chi connectivity index (χ0n) is 9.00. The number of halogens is 2. The van der Waals surface area contributed by atoms with E-state index in [-0.39, 0.29) is 0 Å². The maximum atomic E-state index is 5.92. The molecule has 0 aliphatic carbocycles. The van der Waals surface area contributed by atoms with Gasteiger partial charge < -0.3 is 5.73 Å². The average molecular weight is 247 g/mol. The number of likely N-dealkylation sites (N-methyl/N-ethyl adjacent to an activating group) is 1. The van der Waals surface area contributed by atoms with Crippen molar-refractivity contribution in [1.29, 1.82) is 0 Å². The second kappa shape index (κ2) is 5.71. The summed E-state index contributed by atoms with van der Waals surface area (Å²) in [6.45, 7) is 3.54. The van der Waals surface area contributed by atoms with Gasteiger partial charge in [-0.15, -0.1) is 0 Å². The fraction of sp³-hybridized carbons (Fsp3) is 0.455. The van der Waals surface area contributed by atoms with Crippen molar-refractivity contribution in [3.05, 3.63) is 33.8 Å². The molecule has 0 amide bonds. The Bertz CT molecular complexity index is 308. The van der Waals surface area contributed by atoms with Gasteiger partial charge in [-0.3, -0.25) is 4.90 Å². The molecule has 0 bridgehead atoms. The lowest BCUT2D eigenvalue weighted by Gasteiger charge is -2.23. The minimum absolute atomic E-state index is 0.350. The van der Waals surface area contributed by atoms with Crippen molar-refractivity contribution in [2.24, 2.45) is 5.73 Å². The summed E-state index contributed by atoms with van der Waals surface area (Å²) in [6.07, 6.45) is 0. The molecule has 4 heteroatoms. The van der Waals surface area contributed by atoms with Gasteiger partial charge in [-0.1, -0.05) is 23.2 Å². The Labute approximate surface area is 101 Å². The van der Waals surface area contributed by atoms with E-state index in [0.717, 1.165) is 12.1 Å². The lowest BCUT2D eigenvalue weighted by molar-refractivity contribution is 0.255. The Morgan fingerprint density at radius 1 is 1.27 bits per heavy atom. The lowest BCUT2D eigenvalue weighted by Crippen LogP contribution is -2.34. The molecule has 0 fully saturated rings. The van der Waals surface area contributed by atoms with E-state index in [1.807, 2.05) is 19.2 Å². The molecule has 1 aromatic carbocycles. The summed E-state index contributed by atoms with van der Waals surface area (Å²) in [7, 11) is 2.03. The molecule has 84 valence electrons. The number of hydrogen-bond acceptors (Lipinski definition) is 2. The van der Waals surface area contributed by atoms with E-state index in [4.69, 9.17) is 28.9 Å². The van der Waals surface area contributed by atoms with Crippen LogP contribution in [-0.2, 0) is 6.54 Å². The predicted molar refractivity (Wildman–Crippen MR) is 66.4 cm³/mol. The molecule has 0 aliphatic heterocycles. The molecule has 0 saturated carbocycles. The van der Waals surface area contributed by atoms with Gasteiger partial charge in [-0.05, 0) is 37.7 Å². The quantitative estimate of drug-likeness (QED) is 0.886. The molecule has 0 saturated heterocycles. The molecular weight excluding hydrogens is 231 g/mol. The normalized spacial score (nSPS) is 13.2. The van der Waals surface area contributed by atoms with Crippen LogP contribution in [0.5, 0.6) is 0 Å². The van der Waals surface area contributed by atoms with Crippen LogP contribution in [0.3, 0.4) is 0 Å². The van der Waals surface area contributed by atoms with Crippen LogP contribution in [-0.4, -0.2) is 24.5 Å². The summed E-state index contributed by atoms with van der Waals surface area (Å²) in [5, 5.41) is 1.35. The van der Waals surface area contributed by atoms with E-state index < -0.39 is 0 Å². The van der Waals surface area contributed by atoms with Gasteiger partial charge in [0.15, 0.2) is 0 Å². The smallest absolute Gasteiger partial charge is 0.0424 e. The van der Waals surface area contributed by atoms with Gasteiger partial charge in [0, 0.05) is 29.2 Å². The maximum Gasteiger partial charge on any atom is 0.0424 e. The largest absolute Gasteiger partial charge is 0.329 e. The summed E-state index contributed by atoms with van der Waals surface area (Å²) in [5.74, 6) is 0. The molecular formula is C11H16Cl2N2. The zero-order valence-corrected chi connectivity index (χ0v) is 10.5. The fourth-order valence-corrected chi connectivity index (χ4v) is 1.90. The Hall–Kier alpha value is -0.280. The van der Waals surface area contributed by atoms with E-state index >= 15 is 0 Å². The third-order valence-corrected chi connectivity index (χ3v) is 2.88. The van der Waals surface area contributed by atoms with Gasteiger partial charge in [0.2, 0.25) is 0 Å². The highest BCUT2D eigenvalue weighted by molar-refractivity contribution is 6.34. The predicted octanol–water partition coefficient (Wildman–Crippen LogP) is 2.77. The number of benzene rings is 1. The molecule has 1 atom stereocenters. The van der Waals surface area contributed by atoms with E-state index in [1.165, 1.54) is 0 Å². The minimum atomic E-state index is 0.350. The second-order valence-electron chi connectivity index (χ2n) is 3.78. The minimum Gasteiger partial charge on any atom is -0.329 e. The van der Waals surface area contributed by atoms with Gasteiger partial charge in [-0.2, -0.15) is 0 Å². The van der Waals surface area contributed by atoms with Crippen LogP contribution in [0, 0.1) is 0 Å². The summed E-state index contributed by atoms with van der Waals surface area (Å²) < 4.78 is 0. The topological polar surface area (TPSA) is 29.3 Å². The van der Waals surface area contributed by atoms with Crippen molar-refractivity contribution in [3.8, 4) is 0 Å². The maximum absolute atomic E-state index is 5.92. The van der Waals surface area contributed by atoms with Crippen molar-refractivity contribution in [3.63, 3.8) is 0 Å². The molecule has 2 N–H and O–H groups in total. The van der Waals surface area contributed by atoms with Crippen LogP contribution in [0.4, 0.5) is 0 Å². The summed E-state index contributed by atoms with van der Waals surface area (Å²) >= 11 is 11.8. The first-order valence-corrected chi connectivity index (χ1v) is 5.63. The third-order valence-electron chi connectivity index (χ3n) is 2.45. The Morgan fingerprint density at radius 3 is 2.27 bits per heavy atom. The summed E-state index contributed by atoms with van der Waals surface area (Å²) in [4.78, 5) is 2.17. The monoisotopic (exact) mass is 246 g/mol. The van der Waals surface area contributed by atoms with Gasteiger partial charge in [0.1, 0.15) is 0 Å². The Kier molecular flexibility index (Phi) is 4.87. The highest BCUT2D eigenvalue weighted by atomic mass is 35.5. The highest BCUT2D eigenvalue weighted by Gasteiger charge is 2.08. The molecule has 0 aliphatic rings. The van der Waals surface area contributed by atoms with Gasteiger partial charge in [-0.25, -0.2) is 0 Å². The van der Waals surface area contributed by atoms with Gasteiger partial charge >= 0.3 is 0 Å². The van der Waals surface area contributed by atoms with Gasteiger partial charge in [0.05, 0.1) is 0 Å². The summed E-state index contributed by atoms with van der Waals surface area (Å²) in [6, 6.07) is 5.93. The van der Waals surface area contributed by atoms with Crippen LogP contribution in [0.15, 0.2) is 18.2 Å². The fourth-order valence-electron chi connectivity index (χ4n) is 1.33. The SMILES string of the molecule is CC(CN)N(C)Cc1cc(Cl)cc(Cl)c1. The molecule has 0 aromatic heterocycles. The standard InChI is InChI=1S/C11H16Cl2N2/c1-8(6-14)15(2)7-9-3-10(12)5-11(13)4-9/h3-5,8H,6-7,14H2,1-2H3. The van der Waals surface area contributed by atoms with Crippen LogP contribution in [0.25, 0.3) is 0 Å². The van der Waals surface area contributed by atoms with Crippen molar-refractivity contribution in [2.45, 2.75) is 19.5 Å². The Balaban J connectivity index is 2.72. The molecule has 1 unspecified atom stereocenters. The zero-order chi connectivity index (χ0) is 11.4. The number of rotatable bonds is 4. The van der Waals surface area contributed by atoms with Crippen molar-refractivity contribution < 1.29 is 0 Å². The summed E-state index contributed by atoms with van der Waals surface area (Å²) in [5.41, 5.74) is 6.70. The molecule has 0 spiro atoms. The highest BCUT2D eigenvalue weighted by Crippen LogP contribution is 2.20. The van der Waals surface area contributed by atoms with Crippen molar-refractivity contribution in [1.82, 2.24) is 4.90 Å². The van der Waals surface area contributed by atoms with E-state index in [0.29, 0.717) is 22.6 Å². The van der Waals surface area contributed by atoms with Crippen LogP contribution in [0.1, 0.15) is 12.5 Å².